The summed E-state index contributed by atoms with van der Waals surface area (Å²) in [4.78, 5) is 32.7. The SMILES string of the molecule is Cc1ccc(-c2nc3nc(N4CCC[C@H]4C(=O)N4CCN(CC(C)(C)F)CC4)nc(N)n3n2)o1. The molecular weight excluding hydrogens is 441 g/mol. The topological polar surface area (TPSA) is 122 Å². The first-order chi connectivity index (χ1) is 16.2. The molecule has 0 aromatic carbocycles. The first-order valence-corrected chi connectivity index (χ1v) is 11.6. The second-order valence-electron chi connectivity index (χ2n) is 9.61. The van der Waals surface area contributed by atoms with Crippen LogP contribution in [-0.4, -0.2) is 91.3 Å². The standard InChI is InChI=1S/C22H30FN9O2/c1-14-6-7-16(34-14)17-25-21-27-20(26-19(24)32(21)28-17)31-8-4-5-15(31)18(33)30-11-9-29(10-12-30)13-22(2,3)23/h6-7,15H,4-5,8-13H2,1-3H3,(H2,24,25,26,27,28)/t15-/m0/s1. The van der Waals surface area contributed by atoms with Crippen molar-refractivity contribution in [3.63, 3.8) is 0 Å². The molecule has 3 aromatic heterocycles. The van der Waals surface area contributed by atoms with E-state index in [4.69, 9.17) is 10.2 Å². The Morgan fingerprint density at radius 2 is 1.94 bits per heavy atom. The third-order valence-corrected chi connectivity index (χ3v) is 6.26. The lowest BCUT2D eigenvalue weighted by molar-refractivity contribution is -0.134. The summed E-state index contributed by atoms with van der Waals surface area (Å²) in [5, 5.41) is 4.36. The van der Waals surface area contributed by atoms with Gasteiger partial charge < -0.3 is 20.0 Å². The molecule has 1 atom stereocenters. The zero-order valence-corrected chi connectivity index (χ0v) is 19.7. The maximum Gasteiger partial charge on any atom is 0.259 e. The van der Waals surface area contributed by atoms with Crippen molar-refractivity contribution in [2.45, 2.75) is 45.3 Å². The number of halogens is 1. The average molecular weight is 472 g/mol. The van der Waals surface area contributed by atoms with Crippen molar-refractivity contribution in [1.29, 1.82) is 0 Å². The molecule has 0 saturated carbocycles. The van der Waals surface area contributed by atoms with E-state index in [2.05, 4.69) is 25.0 Å². The number of piperazine rings is 1. The van der Waals surface area contributed by atoms with Crippen LogP contribution in [0.4, 0.5) is 16.3 Å². The van der Waals surface area contributed by atoms with Crippen LogP contribution in [-0.2, 0) is 4.79 Å². The van der Waals surface area contributed by atoms with Crippen LogP contribution in [0.1, 0.15) is 32.4 Å². The van der Waals surface area contributed by atoms with E-state index < -0.39 is 5.67 Å². The third kappa shape index (κ3) is 4.41. The van der Waals surface area contributed by atoms with E-state index in [9.17, 15) is 9.18 Å². The number of aryl methyl sites for hydroxylation is 1. The number of anilines is 2. The molecule has 2 aliphatic heterocycles. The lowest BCUT2D eigenvalue weighted by atomic mass is 10.1. The molecule has 1 amide bonds. The number of amides is 1. The summed E-state index contributed by atoms with van der Waals surface area (Å²) in [6.45, 7) is 8.52. The van der Waals surface area contributed by atoms with Crippen molar-refractivity contribution in [2.24, 2.45) is 0 Å². The molecule has 0 unspecified atom stereocenters. The molecule has 0 radical (unpaired) electrons. The highest BCUT2D eigenvalue weighted by molar-refractivity contribution is 5.85. The third-order valence-electron chi connectivity index (χ3n) is 6.26. The van der Waals surface area contributed by atoms with Crippen LogP contribution < -0.4 is 10.6 Å². The van der Waals surface area contributed by atoms with E-state index in [-0.39, 0.29) is 17.9 Å². The number of carbonyl (C=O) groups is 1. The van der Waals surface area contributed by atoms with Gasteiger partial charge in [-0.15, -0.1) is 5.10 Å². The number of rotatable bonds is 5. The molecule has 11 nitrogen and oxygen atoms in total. The van der Waals surface area contributed by atoms with Gasteiger partial charge in [0.2, 0.25) is 23.6 Å². The first-order valence-electron chi connectivity index (χ1n) is 11.6. The van der Waals surface area contributed by atoms with E-state index in [0.29, 0.717) is 69.0 Å². The van der Waals surface area contributed by atoms with Gasteiger partial charge in [-0.2, -0.15) is 19.5 Å². The molecule has 2 aliphatic rings. The van der Waals surface area contributed by atoms with E-state index >= 15 is 0 Å². The molecule has 2 N–H and O–H groups in total. The maximum absolute atomic E-state index is 14.0. The number of hydrogen-bond acceptors (Lipinski definition) is 9. The normalized spacial score (nSPS) is 19.9. The van der Waals surface area contributed by atoms with Crippen LogP contribution in [0.5, 0.6) is 0 Å². The Balaban J connectivity index is 1.33. The lowest BCUT2D eigenvalue weighted by Crippen LogP contribution is -2.55. The smallest absolute Gasteiger partial charge is 0.259 e. The number of carbonyl (C=O) groups excluding carboxylic acids is 1. The molecule has 34 heavy (non-hydrogen) atoms. The first kappa shape index (κ1) is 22.5. The highest BCUT2D eigenvalue weighted by Gasteiger charge is 2.37. The van der Waals surface area contributed by atoms with Crippen molar-refractivity contribution >= 4 is 23.6 Å². The van der Waals surface area contributed by atoms with Gasteiger partial charge in [-0.05, 0) is 45.7 Å². The molecule has 5 heterocycles. The van der Waals surface area contributed by atoms with E-state index in [0.717, 1.165) is 12.2 Å². The number of nitrogen functional groups attached to an aromatic ring is 1. The van der Waals surface area contributed by atoms with Crippen LogP contribution in [0.3, 0.4) is 0 Å². The van der Waals surface area contributed by atoms with Gasteiger partial charge in [0.25, 0.3) is 5.78 Å². The summed E-state index contributed by atoms with van der Waals surface area (Å²) < 4.78 is 21.0. The van der Waals surface area contributed by atoms with Gasteiger partial charge in [0, 0.05) is 39.3 Å². The Bertz CT molecular complexity index is 1190. The van der Waals surface area contributed by atoms with Gasteiger partial charge in [-0.3, -0.25) is 9.69 Å². The van der Waals surface area contributed by atoms with E-state index in [1.165, 1.54) is 4.52 Å². The number of nitrogens with two attached hydrogens (primary N) is 1. The number of nitrogens with zero attached hydrogens (tertiary/aromatic N) is 8. The fourth-order valence-corrected chi connectivity index (χ4v) is 4.71. The Morgan fingerprint density at radius 3 is 2.62 bits per heavy atom. The van der Waals surface area contributed by atoms with Gasteiger partial charge in [-0.1, -0.05) is 0 Å². The molecular formula is C22H30FN9O2. The zero-order valence-electron chi connectivity index (χ0n) is 19.7. The van der Waals surface area contributed by atoms with Gasteiger partial charge >= 0.3 is 0 Å². The lowest BCUT2D eigenvalue weighted by Gasteiger charge is -2.38. The van der Waals surface area contributed by atoms with E-state index in [1.54, 1.807) is 19.9 Å². The van der Waals surface area contributed by atoms with Crippen molar-refractivity contribution < 1.29 is 13.6 Å². The number of fused-ring (bicyclic) bond motifs is 1. The Morgan fingerprint density at radius 1 is 1.18 bits per heavy atom. The summed E-state index contributed by atoms with van der Waals surface area (Å²) in [5.41, 5.74) is 4.92. The Kier molecular flexibility index (Phi) is 5.62. The summed E-state index contributed by atoms with van der Waals surface area (Å²) in [7, 11) is 0. The van der Waals surface area contributed by atoms with E-state index in [1.807, 2.05) is 22.8 Å². The fraction of sp³-hybridized carbons (Fsp3) is 0.591. The molecule has 182 valence electrons. The van der Waals surface area contributed by atoms with Crippen LogP contribution in [0.25, 0.3) is 17.4 Å². The van der Waals surface area contributed by atoms with Gasteiger partial charge in [0.05, 0.1) is 0 Å². The monoisotopic (exact) mass is 471 g/mol. The van der Waals surface area contributed by atoms with Gasteiger partial charge in [0.15, 0.2) is 5.76 Å². The maximum atomic E-state index is 14.0. The van der Waals surface area contributed by atoms with Crippen LogP contribution >= 0.6 is 0 Å². The molecule has 3 aromatic rings. The predicted octanol–water partition coefficient (Wildman–Crippen LogP) is 1.53. The van der Waals surface area contributed by atoms with Crippen LogP contribution in [0.2, 0.25) is 0 Å². The number of hydrogen-bond donors (Lipinski definition) is 1. The van der Waals surface area contributed by atoms with Crippen LogP contribution in [0.15, 0.2) is 16.5 Å². The molecule has 12 heteroatoms. The van der Waals surface area contributed by atoms with Crippen molar-refractivity contribution in [1.82, 2.24) is 34.4 Å². The highest BCUT2D eigenvalue weighted by atomic mass is 19.1. The summed E-state index contributed by atoms with van der Waals surface area (Å²) in [6.07, 6.45) is 1.57. The molecule has 0 spiro atoms. The largest absolute Gasteiger partial charge is 0.458 e. The van der Waals surface area contributed by atoms with Crippen molar-refractivity contribution in [3.8, 4) is 11.6 Å². The second-order valence-corrected chi connectivity index (χ2v) is 9.61. The van der Waals surface area contributed by atoms with Gasteiger partial charge in [0.1, 0.15) is 17.5 Å². The van der Waals surface area contributed by atoms with Crippen molar-refractivity contribution in [2.75, 3.05) is 49.9 Å². The van der Waals surface area contributed by atoms with Crippen LogP contribution in [0, 0.1) is 6.92 Å². The fourth-order valence-electron chi connectivity index (χ4n) is 4.71. The van der Waals surface area contributed by atoms with Crippen molar-refractivity contribution in [3.05, 3.63) is 17.9 Å². The summed E-state index contributed by atoms with van der Waals surface area (Å²) >= 11 is 0. The molecule has 2 saturated heterocycles. The Hall–Kier alpha value is -3.28. The molecule has 5 rings (SSSR count). The minimum absolute atomic E-state index is 0.0481. The minimum Gasteiger partial charge on any atom is -0.458 e. The minimum atomic E-state index is -1.25. The zero-order chi connectivity index (χ0) is 24.0. The summed E-state index contributed by atoms with van der Waals surface area (Å²) in [5.74, 6) is 2.50. The molecule has 0 bridgehead atoms. The summed E-state index contributed by atoms with van der Waals surface area (Å²) in [6, 6.07) is 3.26. The quantitative estimate of drug-likeness (QED) is 0.590. The van der Waals surface area contributed by atoms with Gasteiger partial charge in [-0.25, -0.2) is 4.39 Å². The highest BCUT2D eigenvalue weighted by Crippen LogP contribution is 2.27. The second kappa shape index (κ2) is 8.49. The Labute approximate surface area is 196 Å². The number of aromatic nitrogens is 5. The number of furan rings is 1. The number of alkyl halides is 1. The molecule has 0 aliphatic carbocycles. The average Bonchev–Trinajstić information content (AvgIpc) is 3.51. The molecule has 2 fully saturated rings. The predicted molar refractivity (Wildman–Crippen MR) is 124 cm³/mol.